The first-order valence-electron chi connectivity index (χ1n) is 10.6. The fraction of sp³-hybridized carbons (Fsp3) is 0.0800. The van der Waals surface area contributed by atoms with Crippen LogP contribution in [0.15, 0.2) is 75.8 Å². The van der Waals surface area contributed by atoms with Gasteiger partial charge in [-0.1, -0.05) is 47.5 Å². The van der Waals surface area contributed by atoms with Crippen LogP contribution in [0.4, 0.5) is 17.1 Å². The van der Waals surface area contributed by atoms with Crippen LogP contribution < -0.4 is 10.1 Å². The van der Waals surface area contributed by atoms with Crippen molar-refractivity contribution in [3.05, 3.63) is 81.8 Å². The van der Waals surface area contributed by atoms with Gasteiger partial charge in [0.25, 0.3) is 16.0 Å². The number of azo groups is 1. The molecule has 0 spiro atoms. The first-order valence-corrected chi connectivity index (χ1v) is 12.8. The van der Waals surface area contributed by atoms with Crippen LogP contribution in [0.3, 0.4) is 0 Å². The fourth-order valence-electron chi connectivity index (χ4n) is 3.56. The highest BCUT2D eigenvalue weighted by Gasteiger charge is 2.20. The van der Waals surface area contributed by atoms with Crippen LogP contribution in [-0.4, -0.2) is 31.1 Å². The van der Waals surface area contributed by atoms with E-state index >= 15 is 0 Å². The van der Waals surface area contributed by atoms with Gasteiger partial charge in [0.05, 0.1) is 28.9 Å². The van der Waals surface area contributed by atoms with Crippen molar-refractivity contribution in [2.75, 3.05) is 12.4 Å². The molecule has 4 aromatic rings. The molecule has 0 bridgehead atoms. The first kappa shape index (κ1) is 26.4. The molecule has 0 aromatic heterocycles. The normalized spacial score (nSPS) is 11.7. The first-order chi connectivity index (χ1) is 17.5. The summed E-state index contributed by atoms with van der Waals surface area (Å²) < 4.78 is 37.9. The number of nitrogens with zero attached hydrogens (tertiary/aromatic N) is 2. The number of carbonyl (C=O) groups is 1. The maximum Gasteiger partial charge on any atom is 0.294 e. The maximum absolute atomic E-state index is 13.2. The highest BCUT2D eigenvalue weighted by molar-refractivity contribution is 7.85. The van der Waals surface area contributed by atoms with Crippen molar-refractivity contribution in [2.24, 2.45) is 10.2 Å². The van der Waals surface area contributed by atoms with Gasteiger partial charge in [-0.2, -0.15) is 13.5 Å². The molecule has 0 fully saturated rings. The topological polar surface area (TPSA) is 138 Å². The number of carbonyl (C=O) groups excluding carboxylic acids is 1. The monoisotopic (exact) mass is 559 g/mol. The van der Waals surface area contributed by atoms with E-state index < -0.39 is 26.7 Å². The number of amides is 1. The van der Waals surface area contributed by atoms with Crippen LogP contribution >= 0.6 is 23.2 Å². The van der Waals surface area contributed by atoms with Crippen molar-refractivity contribution in [1.29, 1.82) is 0 Å². The number of hydrogen-bond donors (Lipinski definition) is 3. The third kappa shape index (κ3) is 5.52. The zero-order chi connectivity index (χ0) is 26.9. The number of phenolic OH excluding ortho intramolecular Hbond substituents is 1. The molecule has 0 saturated carbocycles. The van der Waals surface area contributed by atoms with Gasteiger partial charge in [-0.05, 0) is 54.3 Å². The van der Waals surface area contributed by atoms with Gasteiger partial charge in [0, 0.05) is 15.4 Å². The second-order valence-electron chi connectivity index (χ2n) is 7.87. The van der Waals surface area contributed by atoms with Crippen LogP contribution in [0, 0.1) is 6.92 Å². The summed E-state index contributed by atoms with van der Waals surface area (Å²) in [5.41, 5.74) is 0.596. The Balaban J connectivity index is 1.83. The van der Waals surface area contributed by atoms with E-state index in [1.807, 2.05) is 0 Å². The predicted octanol–water partition coefficient (Wildman–Crippen LogP) is 7.08. The van der Waals surface area contributed by atoms with Gasteiger partial charge in [0.2, 0.25) is 0 Å². The molecule has 9 nitrogen and oxygen atoms in total. The van der Waals surface area contributed by atoms with Crippen LogP contribution in [0.2, 0.25) is 10.0 Å². The number of methoxy groups -OCH3 is 1. The Morgan fingerprint density at radius 3 is 2.46 bits per heavy atom. The lowest BCUT2D eigenvalue weighted by Crippen LogP contribution is -2.13. The Bertz CT molecular complexity index is 1690. The molecule has 0 atom stereocenters. The van der Waals surface area contributed by atoms with Crippen molar-refractivity contribution in [3.63, 3.8) is 0 Å². The van der Waals surface area contributed by atoms with Crippen molar-refractivity contribution in [2.45, 2.75) is 11.8 Å². The van der Waals surface area contributed by atoms with Crippen LogP contribution in [0.25, 0.3) is 10.8 Å². The number of ether oxygens (including phenoxy) is 1. The molecule has 12 heteroatoms. The Labute approximate surface area is 222 Å². The molecule has 4 aromatic carbocycles. The third-order valence-electron chi connectivity index (χ3n) is 5.50. The molecule has 0 aliphatic carbocycles. The van der Waals surface area contributed by atoms with Crippen LogP contribution in [0.1, 0.15) is 15.9 Å². The lowest BCUT2D eigenvalue weighted by Gasteiger charge is -2.13. The summed E-state index contributed by atoms with van der Waals surface area (Å²) >= 11 is 12.2. The molecule has 0 heterocycles. The number of aromatic hydroxyl groups is 1. The Kier molecular flexibility index (Phi) is 7.37. The number of nitrogens with one attached hydrogen (secondary N) is 1. The quantitative estimate of drug-likeness (QED) is 0.170. The summed E-state index contributed by atoms with van der Waals surface area (Å²) in [7, 11) is -3.11. The minimum Gasteiger partial charge on any atom is -0.505 e. The van der Waals surface area contributed by atoms with Crippen molar-refractivity contribution in [3.8, 4) is 11.5 Å². The number of phenols is 1. The second kappa shape index (κ2) is 10.3. The molecule has 37 heavy (non-hydrogen) atoms. The lowest BCUT2D eigenvalue weighted by molar-refractivity contribution is 0.102. The second-order valence-corrected chi connectivity index (χ2v) is 10.1. The molecule has 1 amide bonds. The third-order valence-corrected chi connectivity index (χ3v) is 6.95. The molecule has 4 rings (SSSR count). The molecule has 3 N–H and O–H groups in total. The van der Waals surface area contributed by atoms with E-state index in [1.54, 1.807) is 43.3 Å². The van der Waals surface area contributed by atoms with Crippen LogP contribution in [0.5, 0.6) is 11.5 Å². The number of anilines is 1. The van der Waals surface area contributed by atoms with E-state index in [1.165, 1.54) is 19.2 Å². The van der Waals surface area contributed by atoms with Gasteiger partial charge in [-0.3, -0.25) is 9.35 Å². The molecule has 0 aliphatic rings. The molecule has 190 valence electrons. The van der Waals surface area contributed by atoms with E-state index in [-0.39, 0.29) is 22.0 Å². The number of halogens is 2. The zero-order valence-electron chi connectivity index (χ0n) is 19.4. The summed E-state index contributed by atoms with van der Waals surface area (Å²) in [6.07, 6.45) is 0. The zero-order valence-corrected chi connectivity index (χ0v) is 21.7. The molecule has 0 unspecified atom stereocenters. The smallest absolute Gasteiger partial charge is 0.294 e. The minimum atomic E-state index is -4.56. The molecular formula is C25H19Cl2N3O6S. The van der Waals surface area contributed by atoms with Crippen LogP contribution in [-0.2, 0) is 10.1 Å². The number of fused-ring (bicyclic) bond motifs is 1. The number of rotatable bonds is 6. The van der Waals surface area contributed by atoms with Gasteiger partial charge in [0.15, 0.2) is 5.75 Å². The van der Waals surface area contributed by atoms with Gasteiger partial charge < -0.3 is 15.2 Å². The average molecular weight is 560 g/mol. The number of benzene rings is 4. The SMILES string of the molecule is COc1ccc(Cl)cc1NC(=O)c1cc2ccccc2c(N=Nc2cc(S(=O)(=O)O)cc(Cl)c2C)c1O. The predicted molar refractivity (Wildman–Crippen MR) is 142 cm³/mol. The Hall–Kier alpha value is -3.70. The van der Waals surface area contributed by atoms with Crippen molar-refractivity contribution >= 4 is 67.1 Å². The Morgan fingerprint density at radius 1 is 1.03 bits per heavy atom. The van der Waals surface area contributed by atoms with Gasteiger partial charge in [0.1, 0.15) is 11.4 Å². The van der Waals surface area contributed by atoms with E-state index in [4.69, 9.17) is 27.9 Å². The fourth-order valence-corrected chi connectivity index (χ4v) is 4.53. The largest absolute Gasteiger partial charge is 0.505 e. The summed E-state index contributed by atoms with van der Waals surface area (Å²) in [5, 5.41) is 23.4. The molecular weight excluding hydrogens is 541 g/mol. The van der Waals surface area contributed by atoms with E-state index in [2.05, 4.69) is 15.5 Å². The lowest BCUT2D eigenvalue weighted by atomic mass is 10.0. The molecule has 0 saturated heterocycles. The van der Waals surface area contributed by atoms with E-state index in [9.17, 15) is 22.9 Å². The minimum absolute atomic E-state index is 0.0332. The maximum atomic E-state index is 13.2. The number of hydrogen-bond acceptors (Lipinski definition) is 7. The van der Waals surface area contributed by atoms with Gasteiger partial charge >= 0.3 is 0 Å². The summed E-state index contributed by atoms with van der Waals surface area (Å²) in [6, 6.07) is 15.3. The van der Waals surface area contributed by atoms with Crippen molar-refractivity contribution < 1.29 is 27.6 Å². The highest BCUT2D eigenvalue weighted by Crippen LogP contribution is 2.41. The molecule has 0 aliphatic heterocycles. The highest BCUT2D eigenvalue weighted by atomic mass is 35.5. The van der Waals surface area contributed by atoms with Crippen molar-refractivity contribution in [1.82, 2.24) is 0 Å². The van der Waals surface area contributed by atoms with E-state index in [0.29, 0.717) is 32.8 Å². The van der Waals surface area contributed by atoms with E-state index in [0.717, 1.165) is 12.1 Å². The standard InChI is InChI=1S/C25H19Cl2N3O6S/c1-13-19(27)11-16(37(33,34)35)12-20(13)29-30-23-17-6-4-3-5-14(17)9-18(24(23)31)25(32)28-21-10-15(26)7-8-22(21)36-2/h3-12,31H,1-2H3,(H,28,32)(H,33,34,35). The average Bonchev–Trinajstić information content (AvgIpc) is 2.84. The molecule has 0 radical (unpaired) electrons. The van der Waals surface area contributed by atoms with Gasteiger partial charge in [-0.15, -0.1) is 5.11 Å². The summed E-state index contributed by atoms with van der Waals surface area (Å²) in [5.74, 6) is -0.757. The van der Waals surface area contributed by atoms with Gasteiger partial charge in [-0.25, -0.2) is 0 Å². The Morgan fingerprint density at radius 2 is 1.76 bits per heavy atom. The summed E-state index contributed by atoms with van der Waals surface area (Å²) in [4.78, 5) is 12.7. The summed E-state index contributed by atoms with van der Waals surface area (Å²) in [6.45, 7) is 1.59.